The number of fused-ring (bicyclic) bond motifs is 3. The summed E-state index contributed by atoms with van der Waals surface area (Å²) in [5, 5.41) is 23.8. The molecule has 27 heavy (non-hydrogen) atoms. The minimum Gasteiger partial charge on any atom is -0.330 e. The van der Waals surface area contributed by atoms with Crippen LogP contribution in [0.3, 0.4) is 0 Å². The molecule has 0 heterocycles. The number of hydrogen-bond acceptors (Lipinski definition) is 5. The number of nitrogens with zero attached hydrogens (tertiary/aromatic N) is 2. The molecule has 0 bridgehead atoms. The Balaban J connectivity index is 2.33. The Morgan fingerprint density at radius 2 is 1.89 bits per heavy atom. The standard InChI is InChI=1S/C20H29N3O4/c1-12(2)17-15(22(24)25)10-14-13(18(17)23(26)27)6-7-16-19(3,11-21)8-5-9-20(14,16)4/h10,12,16H,5-9,11,21H2,1-4H3/t16-,19-,20+/m0/s1. The molecule has 1 aromatic carbocycles. The van der Waals surface area contributed by atoms with E-state index in [1.807, 2.05) is 0 Å². The van der Waals surface area contributed by atoms with Crippen LogP contribution in [-0.4, -0.2) is 16.4 Å². The van der Waals surface area contributed by atoms with Crippen LogP contribution in [0.25, 0.3) is 0 Å². The van der Waals surface area contributed by atoms with Crippen molar-refractivity contribution >= 4 is 11.4 Å². The minimum absolute atomic E-state index is 0.0334. The number of rotatable bonds is 4. The van der Waals surface area contributed by atoms with Gasteiger partial charge in [-0.15, -0.1) is 0 Å². The summed E-state index contributed by atoms with van der Waals surface area (Å²) < 4.78 is 0. The highest BCUT2D eigenvalue weighted by atomic mass is 16.6. The second kappa shape index (κ2) is 6.55. The zero-order valence-electron chi connectivity index (χ0n) is 16.6. The molecule has 1 saturated carbocycles. The molecule has 0 amide bonds. The third-order valence-electron chi connectivity index (χ3n) is 7.20. The Hall–Kier alpha value is -2.02. The summed E-state index contributed by atoms with van der Waals surface area (Å²) in [7, 11) is 0. The van der Waals surface area contributed by atoms with Crippen LogP contribution in [0.2, 0.25) is 0 Å². The molecular formula is C20H29N3O4. The maximum Gasteiger partial charge on any atom is 0.283 e. The quantitative estimate of drug-likeness (QED) is 0.610. The summed E-state index contributed by atoms with van der Waals surface area (Å²) in [6.07, 6.45) is 4.32. The average Bonchev–Trinajstić information content (AvgIpc) is 2.59. The van der Waals surface area contributed by atoms with Crippen LogP contribution in [0.5, 0.6) is 0 Å². The van der Waals surface area contributed by atoms with Crippen molar-refractivity contribution in [1.82, 2.24) is 0 Å². The highest BCUT2D eigenvalue weighted by Gasteiger charge is 2.53. The van der Waals surface area contributed by atoms with Gasteiger partial charge in [-0.05, 0) is 60.5 Å². The van der Waals surface area contributed by atoms with Gasteiger partial charge in [0, 0.05) is 11.6 Å². The van der Waals surface area contributed by atoms with E-state index in [1.165, 1.54) is 0 Å². The van der Waals surface area contributed by atoms with E-state index in [4.69, 9.17) is 5.73 Å². The fourth-order valence-corrected chi connectivity index (χ4v) is 5.90. The van der Waals surface area contributed by atoms with E-state index in [1.54, 1.807) is 19.9 Å². The molecule has 7 heteroatoms. The lowest BCUT2D eigenvalue weighted by Gasteiger charge is -2.55. The van der Waals surface area contributed by atoms with Gasteiger partial charge < -0.3 is 5.73 Å². The first-order valence-electron chi connectivity index (χ1n) is 9.76. The van der Waals surface area contributed by atoms with Crippen molar-refractivity contribution in [1.29, 1.82) is 0 Å². The molecule has 0 aliphatic heterocycles. The summed E-state index contributed by atoms with van der Waals surface area (Å²) in [6.45, 7) is 8.45. The predicted molar refractivity (Wildman–Crippen MR) is 104 cm³/mol. The number of nitro benzene ring substituents is 2. The minimum atomic E-state index is -0.458. The molecule has 1 aromatic rings. The lowest BCUT2D eigenvalue weighted by atomic mass is 9.49. The Morgan fingerprint density at radius 3 is 2.41 bits per heavy atom. The molecule has 0 aromatic heterocycles. The summed E-state index contributed by atoms with van der Waals surface area (Å²) >= 11 is 0. The Labute approximate surface area is 159 Å². The molecular weight excluding hydrogens is 346 g/mol. The summed E-state index contributed by atoms with van der Waals surface area (Å²) in [5.74, 6) is -0.0114. The van der Waals surface area contributed by atoms with E-state index in [0.717, 1.165) is 31.2 Å². The molecule has 148 valence electrons. The highest BCUT2D eigenvalue weighted by Crippen LogP contribution is 2.59. The van der Waals surface area contributed by atoms with Crippen LogP contribution >= 0.6 is 0 Å². The molecule has 2 aliphatic carbocycles. The molecule has 2 aliphatic rings. The molecule has 1 fully saturated rings. The Kier molecular flexibility index (Phi) is 4.78. The van der Waals surface area contributed by atoms with Crippen molar-refractivity contribution < 1.29 is 9.85 Å². The van der Waals surface area contributed by atoms with Crippen molar-refractivity contribution in [2.24, 2.45) is 17.1 Å². The van der Waals surface area contributed by atoms with Gasteiger partial charge in [0.05, 0.1) is 9.85 Å². The van der Waals surface area contributed by atoms with Crippen LogP contribution in [0.15, 0.2) is 6.07 Å². The van der Waals surface area contributed by atoms with Gasteiger partial charge in [-0.1, -0.05) is 34.1 Å². The predicted octanol–water partition coefficient (Wildman–Crippen LogP) is 4.60. The van der Waals surface area contributed by atoms with Gasteiger partial charge in [-0.3, -0.25) is 20.2 Å². The van der Waals surface area contributed by atoms with E-state index in [-0.39, 0.29) is 39.6 Å². The smallest absolute Gasteiger partial charge is 0.283 e. The van der Waals surface area contributed by atoms with E-state index in [2.05, 4.69) is 13.8 Å². The molecule has 0 radical (unpaired) electrons. The number of nitrogens with two attached hydrogens (primary N) is 1. The average molecular weight is 375 g/mol. The van der Waals surface area contributed by atoms with Crippen LogP contribution in [0.1, 0.15) is 76.0 Å². The molecule has 0 spiro atoms. The van der Waals surface area contributed by atoms with Crippen molar-refractivity contribution in [2.75, 3.05) is 6.54 Å². The largest absolute Gasteiger partial charge is 0.330 e. The van der Waals surface area contributed by atoms with Gasteiger partial charge in [0.1, 0.15) is 5.56 Å². The van der Waals surface area contributed by atoms with Crippen LogP contribution in [-0.2, 0) is 11.8 Å². The van der Waals surface area contributed by atoms with Crippen molar-refractivity contribution in [2.45, 2.75) is 71.1 Å². The topological polar surface area (TPSA) is 112 Å². The number of benzene rings is 1. The van der Waals surface area contributed by atoms with Crippen LogP contribution in [0.4, 0.5) is 11.4 Å². The van der Waals surface area contributed by atoms with Gasteiger partial charge in [-0.25, -0.2) is 0 Å². The second-order valence-corrected chi connectivity index (χ2v) is 9.07. The van der Waals surface area contributed by atoms with E-state index < -0.39 is 9.85 Å². The van der Waals surface area contributed by atoms with Crippen molar-refractivity contribution in [3.8, 4) is 0 Å². The van der Waals surface area contributed by atoms with Gasteiger partial charge in [0.25, 0.3) is 11.4 Å². The molecule has 2 N–H and O–H groups in total. The molecule has 3 atom stereocenters. The Morgan fingerprint density at radius 1 is 1.22 bits per heavy atom. The maximum atomic E-state index is 12.0. The van der Waals surface area contributed by atoms with Gasteiger partial charge in [0.2, 0.25) is 0 Å². The van der Waals surface area contributed by atoms with Gasteiger partial charge >= 0.3 is 0 Å². The monoisotopic (exact) mass is 375 g/mol. The van der Waals surface area contributed by atoms with Gasteiger partial charge in [0.15, 0.2) is 0 Å². The van der Waals surface area contributed by atoms with Crippen LogP contribution in [0, 0.1) is 31.6 Å². The zero-order valence-corrected chi connectivity index (χ0v) is 16.6. The fourth-order valence-electron chi connectivity index (χ4n) is 5.90. The molecule has 3 rings (SSSR count). The third-order valence-corrected chi connectivity index (χ3v) is 7.20. The van der Waals surface area contributed by atoms with Crippen LogP contribution < -0.4 is 5.73 Å². The first-order chi connectivity index (χ1) is 12.6. The van der Waals surface area contributed by atoms with E-state index in [9.17, 15) is 20.2 Å². The maximum absolute atomic E-state index is 12.0. The molecule has 7 nitrogen and oxygen atoms in total. The van der Waals surface area contributed by atoms with Gasteiger partial charge in [-0.2, -0.15) is 0 Å². The Bertz CT molecular complexity index is 807. The zero-order chi connectivity index (χ0) is 20.1. The number of hydrogen-bond donors (Lipinski definition) is 1. The summed E-state index contributed by atoms with van der Waals surface area (Å²) in [4.78, 5) is 22.9. The lowest BCUT2D eigenvalue weighted by Crippen LogP contribution is -2.52. The first-order valence-corrected chi connectivity index (χ1v) is 9.76. The lowest BCUT2D eigenvalue weighted by molar-refractivity contribution is -0.396. The van der Waals surface area contributed by atoms with E-state index in [0.29, 0.717) is 18.5 Å². The summed E-state index contributed by atoms with van der Waals surface area (Å²) in [6, 6.07) is 1.64. The highest BCUT2D eigenvalue weighted by molar-refractivity contribution is 5.65. The third kappa shape index (κ3) is 2.83. The van der Waals surface area contributed by atoms with Crippen molar-refractivity contribution in [3.63, 3.8) is 0 Å². The molecule has 0 saturated heterocycles. The fraction of sp³-hybridized carbons (Fsp3) is 0.700. The summed E-state index contributed by atoms with van der Waals surface area (Å²) in [5.41, 5.74) is 7.39. The van der Waals surface area contributed by atoms with E-state index >= 15 is 0 Å². The first kappa shape index (κ1) is 19.7. The number of nitro groups is 2. The molecule has 0 unspecified atom stereocenters. The second-order valence-electron chi connectivity index (χ2n) is 9.07. The normalized spacial score (nSPS) is 29.9. The van der Waals surface area contributed by atoms with Crippen molar-refractivity contribution in [3.05, 3.63) is 43.0 Å². The SMILES string of the molecule is CC(C)c1c([N+](=O)[O-])cc2c(c1[N+](=O)[O-])CC[C@H]1[C@](C)(CN)CCC[C@]21C.